The number of β-lactam (4-membered cyclic amide) rings is 1. The normalized spacial score (nSPS) is 27.0. The van der Waals surface area contributed by atoms with Crippen molar-refractivity contribution in [3.63, 3.8) is 0 Å². The summed E-state index contributed by atoms with van der Waals surface area (Å²) in [6, 6.07) is -0.871. The fourth-order valence-electron chi connectivity index (χ4n) is 3.73. The summed E-state index contributed by atoms with van der Waals surface area (Å²) < 4.78 is 0.641. The average Bonchev–Trinajstić information content (AvgIpc) is 3.07. The van der Waals surface area contributed by atoms with Gasteiger partial charge in [0.25, 0.3) is 5.91 Å². The standard InChI is InChI=1S/C14H14N4O4S2.Na/c1-5-15-16-14(23-5)24-11-7-3-4-17(6(2)19)9-8(7)18(12(9)20)10(11)13(21)22;/h7-9H,3-4H2,1-2H3,(H,21,22);/q;+1/p-1/t7?,8-,9+;/m1./s1. The van der Waals surface area contributed by atoms with Crippen LogP contribution in [0.4, 0.5) is 0 Å². The van der Waals surface area contributed by atoms with E-state index in [1.54, 1.807) is 0 Å². The zero-order valence-corrected chi connectivity index (χ0v) is 17.5. The van der Waals surface area contributed by atoms with Crippen LogP contribution in [0.3, 0.4) is 0 Å². The maximum atomic E-state index is 12.5. The molecule has 0 radical (unpaired) electrons. The Morgan fingerprint density at radius 2 is 2.08 bits per heavy atom. The number of nitrogens with zero attached hydrogens (tertiary/aromatic N) is 4. The van der Waals surface area contributed by atoms with Crippen molar-refractivity contribution in [3.05, 3.63) is 15.6 Å². The van der Waals surface area contributed by atoms with Crippen molar-refractivity contribution in [2.75, 3.05) is 6.54 Å². The van der Waals surface area contributed by atoms with E-state index >= 15 is 0 Å². The van der Waals surface area contributed by atoms with E-state index in [9.17, 15) is 19.5 Å². The molecule has 0 aliphatic carbocycles. The van der Waals surface area contributed by atoms with E-state index in [1.165, 1.54) is 39.8 Å². The van der Waals surface area contributed by atoms with E-state index < -0.39 is 12.0 Å². The maximum absolute atomic E-state index is 12.5. The predicted molar refractivity (Wildman–Crippen MR) is 82.5 cm³/mol. The molecule has 3 atom stereocenters. The Labute approximate surface area is 173 Å². The summed E-state index contributed by atoms with van der Waals surface area (Å²) in [5, 5.41) is 20.4. The molecule has 8 nitrogen and oxygen atoms in total. The molecule has 0 aromatic carbocycles. The molecule has 2 amide bonds. The van der Waals surface area contributed by atoms with E-state index in [0.717, 1.165) is 5.01 Å². The van der Waals surface area contributed by atoms with Crippen molar-refractivity contribution in [1.29, 1.82) is 0 Å². The molecule has 11 heteroatoms. The molecule has 2 fully saturated rings. The number of carboxylic acids is 1. The number of carbonyl (C=O) groups is 3. The molecule has 3 aliphatic heterocycles. The van der Waals surface area contributed by atoms with E-state index in [4.69, 9.17) is 0 Å². The van der Waals surface area contributed by atoms with Crippen LogP contribution in [0.1, 0.15) is 18.4 Å². The van der Waals surface area contributed by atoms with Crippen molar-refractivity contribution in [2.24, 2.45) is 5.92 Å². The topological polar surface area (TPSA) is 107 Å². The number of aliphatic carboxylic acids is 1. The van der Waals surface area contributed by atoms with Crippen LogP contribution in [0.25, 0.3) is 0 Å². The van der Waals surface area contributed by atoms with Crippen molar-refractivity contribution in [3.8, 4) is 0 Å². The molecule has 1 aromatic heterocycles. The number of thioether (sulfide) groups is 1. The van der Waals surface area contributed by atoms with Gasteiger partial charge >= 0.3 is 29.6 Å². The Morgan fingerprint density at radius 3 is 2.64 bits per heavy atom. The Balaban J connectivity index is 0.00000182. The summed E-state index contributed by atoms with van der Waals surface area (Å²) >= 11 is 2.62. The van der Waals surface area contributed by atoms with Crippen LogP contribution in [0.15, 0.2) is 14.9 Å². The minimum atomic E-state index is -1.37. The number of aryl methyl sites for hydroxylation is 1. The molecule has 4 rings (SSSR count). The third-order valence-corrected chi connectivity index (χ3v) is 6.76. The van der Waals surface area contributed by atoms with Gasteiger partial charge < -0.3 is 19.7 Å². The number of hydrogen-bond acceptors (Lipinski definition) is 8. The molecule has 126 valence electrons. The van der Waals surface area contributed by atoms with E-state index in [2.05, 4.69) is 10.2 Å². The first-order valence-corrected chi connectivity index (χ1v) is 9.07. The fraction of sp³-hybridized carbons (Fsp3) is 0.500. The first-order chi connectivity index (χ1) is 11.4. The van der Waals surface area contributed by atoms with Gasteiger partial charge in [0.1, 0.15) is 11.0 Å². The van der Waals surface area contributed by atoms with Crippen LogP contribution in [0.2, 0.25) is 0 Å². The molecule has 4 heterocycles. The fourth-order valence-corrected chi connectivity index (χ4v) is 5.90. The van der Waals surface area contributed by atoms with Crippen LogP contribution in [0, 0.1) is 12.8 Å². The number of carboxylic acid groups (broad SMARTS) is 1. The number of piperidine rings is 1. The summed E-state index contributed by atoms with van der Waals surface area (Å²) in [4.78, 5) is 39.3. The number of likely N-dealkylation sites (tertiary alicyclic amines) is 1. The Morgan fingerprint density at radius 1 is 1.36 bits per heavy atom. The zero-order valence-electron chi connectivity index (χ0n) is 13.9. The van der Waals surface area contributed by atoms with E-state index in [0.29, 0.717) is 22.2 Å². The van der Waals surface area contributed by atoms with Gasteiger partial charge in [0.2, 0.25) is 5.91 Å². The van der Waals surface area contributed by atoms with Gasteiger partial charge in [0.15, 0.2) is 4.34 Å². The van der Waals surface area contributed by atoms with Gasteiger partial charge in [-0.25, -0.2) is 0 Å². The molecule has 0 bridgehead atoms. The molecule has 0 spiro atoms. The second kappa shape index (κ2) is 6.66. The van der Waals surface area contributed by atoms with Crippen molar-refractivity contribution in [1.82, 2.24) is 20.0 Å². The first-order valence-electron chi connectivity index (χ1n) is 7.44. The third-order valence-electron chi connectivity index (χ3n) is 4.65. The van der Waals surface area contributed by atoms with Crippen LogP contribution in [0.5, 0.6) is 0 Å². The molecule has 0 saturated carbocycles. The molecule has 3 aliphatic rings. The summed E-state index contributed by atoms with van der Waals surface area (Å²) in [5.74, 6) is -1.98. The summed E-state index contributed by atoms with van der Waals surface area (Å²) in [6.45, 7) is 3.70. The van der Waals surface area contributed by atoms with Gasteiger partial charge in [-0.2, -0.15) is 0 Å². The molecule has 1 aromatic rings. The SMILES string of the molecule is CC(=O)N1CCC2C(Sc3nnc(C)s3)=C(C(=O)[O-])N3C(=O)[C@@H]1[C@@H]23.[Na+]. The molecular weight excluding hydrogens is 375 g/mol. The minimum Gasteiger partial charge on any atom is -0.543 e. The number of amides is 2. The van der Waals surface area contributed by atoms with E-state index in [-0.39, 0.29) is 59.0 Å². The second-order valence-corrected chi connectivity index (χ2v) is 8.41. The summed E-state index contributed by atoms with van der Waals surface area (Å²) in [6.07, 6.45) is 0.613. The van der Waals surface area contributed by atoms with Crippen LogP contribution >= 0.6 is 23.1 Å². The monoisotopic (exact) mass is 388 g/mol. The minimum absolute atomic E-state index is 0. The third kappa shape index (κ3) is 2.74. The first kappa shape index (κ1) is 18.8. The Bertz CT molecular complexity index is 811. The summed E-state index contributed by atoms with van der Waals surface area (Å²) in [5.41, 5.74) is -0.0745. The Hall–Kier alpha value is -0.940. The predicted octanol–water partition coefficient (Wildman–Crippen LogP) is -3.63. The van der Waals surface area contributed by atoms with Gasteiger partial charge in [-0.3, -0.25) is 9.59 Å². The van der Waals surface area contributed by atoms with Crippen molar-refractivity contribution >= 4 is 40.9 Å². The zero-order chi connectivity index (χ0) is 17.2. The van der Waals surface area contributed by atoms with E-state index in [1.807, 2.05) is 6.92 Å². The molecule has 0 N–H and O–H groups in total. The maximum Gasteiger partial charge on any atom is 1.00 e. The average molecular weight is 388 g/mol. The largest absolute Gasteiger partial charge is 1.00 e. The smallest absolute Gasteiger partial charge is 0.543 e. The van der Waals surface area contributed by atoms with Crippen molar-refractivity contribution < 1.29 is 49.0 Å². The van der Waals surface area contributed by atoms with Crippen molar-refractivity contribution in [2.45, 2.75) is 36.7 Å². The van der Waals surface area contributed by atoms with Gasteiger partial charge in [-0.1, -0.05) is 23.1 Å². The number of hydrogen-bond donors (Lipinski definition) is 0. The number of rotatable bonds is 3. The van der Waals surface area contributed by atoms with Gasteiger partial charge in [0.05, 0.1) is 17.7 Å². The second-order valence-electron chi connectivity index (χ2n) is 5.94. The van der Waals surface area contributed by atoms with Crippen LogP contribution < -0.4 is 34.7 Å². The van der Waals surface area contributed by atoms with Crippen LogP contribution in [-0.2, 0) is 14.4 Å². The molecule has 25 heavy (non-hydrogen) atoms. The molecule has 2 saturated heterocycles. The van der Waals surface area contributed by atoms with Gasteiger partial charge in [-0.15, -0.1) is 10.2 Å². The quantitative estimate of drug-likeness (QED) is 0.388. The van der Waals surface area contributed by atoms with Gasteiger partial charge in [0, 0.05) is 24.3 Å². The molecule has 1 unspecified atom stereocenters. The Kier molecular flexibility index (Phi) is 5.02. The number of aromatic nitrogens is 2. The van der Waals surface area contributed by atoms with Gasteiger partial charge in [-0.05, 0) is 13.3 Å². The summed E-state index contributed by atoms with van der Waals surface area (Å²) in [7, 11) is 0. The number of carbonyl (C=O) groups excluding carboxylic acids is 3. The molecular formula is C14H13N4NaO4S2. The van der Waals surface area contributed by atoms with Crippen LogP contribution in [-0.4, -0.2) is 56.4 Å².